The van der Waals surface area contributed by atoms with Crippen LogP contribution >= 0.6 is 0 Å². The second-order valence-electron chi connectivity index (χ2n) is 9.33. The molecule has 244 valence electrons. The van der Waals surface area contributed by atoms with Gasteiger partial charge in [-0.1, -0.05) is 24.3 Å². The standard InChI is InChI=1S/C27H14F6N4O10/c28-26(29,30)25(27(31,32)33,15-1-7-19(8-2-15)46-23-11-5-17(34(38)39)13-21(23)36(42)43)16-3-9-20(10-4-16)47-24-12-6-18(35(40)41)14-22(24)37(44)45/h1-14H. The SMILES string of the molecule is O=[N+]([O-])c1ccc(Oc2ccc(C(c3ccc(Oc4ccc([N+](=O)[O-])cc4[N+](=O)[O-])cc3)(C(F)(F)F)C(F)(F)F)cc2)c([N+](=O)[O-])c1. The van der Waals surface area contributed by atoms with E-state index in [1.165, 1.54) is 0 Å². The Labute approximate surface area is 256 Å². The number of halogens is 6. The smallest absolute Gasteiger partial charge is 0.411 e. The van der Waals surface area contributed by atoms with Crippen LogP contribution in [0.15, 0.2) is 84.9 Å². The molecule has 4 aromatic carbocycles. The summed E-state index contributed by atoms with van der Waals surface area (Å²) in [7, 11) is 0. The van der Waals surface area contributed by atoms with E-state index in [1.807, 2.05) is 0 Å². The number of benzene rings is 4. The minimum Gasteiger partial charge on any atom is -0.450 e. The highest BCUT2D eigenvalue weighted by Crippen LogP contribution is 2.56. The molecule has 0 aliphatic rings. The van der Waals surface area contributed by atoms with E-state index in [4.69, 9.17) is 9.47 Å². The van der Waals surface area contributed by atoms with Crippen LogP contribution in [0.4, 0.5) is 49.1 Å². The zero-order valence-electron chi connectivity index (χ0n) is 22.7. The van der Waals surface area contributed by atoms with Gasteiger partial charge in [0.15, 0.2) is 0 Å². The van der Waals surface area contributed by atoms with Crippen molar-refractivity contribution >= 4 is 22.7 Å². The topological polar surface area (TPSA) is 191 Å². The molecule has 0 spiro atoms. The molecule has 0 amide bonds. The minimum atomic E-state index is -6.02. The highest BCUT2D eigenvalue weighted by Gasteiger charge is 2.72. The Balaban J connectivity index is 1.74. The third kappa shape index (κ3) is 6.41. The maximum absolute atomic E-state index is 14.6. The number of ether oxygens (including phenoxy) is 2. The summed E-state index contributed by atoms with van der Waals surface area (Å²) in [5, 5.41) is 44.6. The molecule has 0 saturated carbocycles. The number of alkyl halides is 6. The van der Waals surface area contributed by atoms with Crippen LogP contribution in [0.2, 0.25) is 0 Å². The highest BCUT2D eigenvalue weighted by molar-refractivity contribution is 5.56. The Morgan fingerprint density at radius 2 is 0.787 bits per heavy atom. The first-order valence-corrected chi connectivity index (χ1v) is 12.4. The average Bonchev–Trinajstić information content (AvgIpc) is 2.97. The third-order valence-corrected chi connectivity index (χ3v) is 6.58. The molecule has 0 fully saturated rings. The molecule has 14 nitrogen and oxygen atoms in total. The zero-order chi connectivity index (χ0) is 34.9. The van der Waals surface area contributed by atoms with Crippen LogP contribution in [0.25, 0.3) is 0 Å². The molecular weight excluding hydrogens is 654 g/mol. The van der Waals surface area contributed by atoms with Crippen LogP contribution in [0.1, 0.15) is 11.1 Å². The third-order valence-electron chi connectivity index (χ3n) is 6.58. The molecule has 0 aromatic heterocycles. The van der Waals surface area contributed by atoms with Gasteiger partial charge in [-0.2, -0.15) is 26.3 Å². The number of non-ortho nitro benzene ring substituents is 2. The number of nitrogens with zero attached hydrogens (tertiary/aromatic N) is 4. The molecule has 4 aromatic rings. The van der Waals surface area contributed by atoms with Gasteiger partial charge < -0.3 is 9.47 Å². The fraction of sp³-hybridized carbons (Fsp3) is 0.111. The van der Waals surface area contributed by atoms with Crippen molar-refractivity contribution in [3.8, 4) is 23.0 Å². The predicted molar refractivity (Wildman–Crippen MR) is 145 cm³/mol. The summed E-state index contributed by atoms with van der Waals surface area (Å²) in [4.78, 5) is 40.6. The largest absolute Gasteiger partial charge is 0.450 e. The number of nitro benzene ring substituents is 4. The van der Waals surface area contributed by atoms with Crippen molar-refractivity contribution in [2.45, 2.75) is 17.8 Å². The quantitative estimate of drug-likeness (QED) is 0.0901. The van der Waals surface area contributed by atoms with Gasteiger partial charge in [-0.15, -0.1) is 0 Å². The van der Waals surface area contributed by atoms with Crippen LogP contribution in [-0.4, -0.2) is 32.0 Å². The van der Waals surface area contributed by atoms with Crippen molar-refractivity contribution in [3.05, 3.63) is 137 Å². The highest BCUT2D eigenvalue weighted by atomic mass is 19.4. The molecule has 0 bridgehead atoms. The number of rotatable bonds is 10. The van der Waals surface area contributed by atoms with Gasteiger partial charge in [0.2, 0.25) is 16.9 Å². The van der Waals surface area contributed by atoms with Crippen molar-refractivity contribution in [2.24, 2.45) is 0 Å². The number of nitro groups is 4. The van der Waals surface area contributed by atoms with Gasteiger partial charge in [-0.3, -0.25) is 40.5 Å². The van der Waals surface area contributed by atoms with E-state index >= 15 is 0 Å². The number of hydrogen-bond donors (Lipinski definition) is 0. The van der Waals surface area contributed by atoms with Gasteiger partial charge >= 0.3 is 23.7 Å². The predicted octanol–water partition coefficient (Wildman–Crippen LogP) is 8.31. The monoisotopic (exact) mass is 668 g/mol. The van der Waals surface area contributed by atoms with E-state index in [9.17, 15) is 66.8 Å². The second-order valence-corrected chi connectivity index (χ2v) is 9.33. The normalized spacial score (nSPS) is 11.9. The Bertz CT molecular complexity index is 1740. The molecule has 0 heterocycles. The molecule has 4 rings (SSSR count). The lowest BCUT2D eigenvalue weighted by atomic mass is 9.73. The molecule has 0 unspecified atom stereocenters. The van der Waals surface area contributed by atoms with E-state index < -0.39 is 94.3 Å². The number of hydrogen-bond acceptors (Lipinski definition) is 10. The fourth-order valence-electron chi connectivity index (χ4n) is 4.48. The first-order chi connectivity index (χ1) is 21.9. The fourth-order valence-corrected chi connectivity index (χ4v) is 4.48. The molecule has 0 N–H and O–H groups in total. The van der Waals surface area contributed by atoms with E-state index in [-0.39, 0.29) is 0 Å². The van der Waals surface area contributed by atoms with Crippen molar-refractivity contribution in [1.29, 1.82) is 0 Å². The van der Waals surface area contributed by atoms with Crippen molar-refractivity contribution < 1.29 is 55.5 Å². The summed E-state index contributed by atoms with van der Waals surface area (Å²) in [5.41, 5.74) is -10.5. The minimum absolute atomic E-state index is 0.429. The van der Waals surface area contributed by atoms with Crippen molar-refractivity contribution in [1.82, 2.24) is 0 Å². The molecular formula is C27H14F6N4O10. The van der Waals surface area contributed by atoms with Crippen LogP contribution in [0.5, 0.6) is 23.0 Å². The van der Waals surface area contributed by atoms with Gasteiger partial charge in [0, 0.05) is 12.1 Å². The summed E-state index contributed by atoms with van der Waals surface area (Å²) in [5.74, 6) is -2.07. The summed E-state index contributed by atoms with van der Waals surface area (Å²) >= 11 is 0. The average molecular weight is 668 g/mol. The van der Waals surface area contributed by atoms with Gasteiger partial charge in [0.05, 0.1) is 31.8 Å². The molecule has 47 heavy (non-hydrogen) atoms. The maximum atomic E-state index is 14.6. The Hall–Kier alpha value is -6.34. The first kappa shape index (κ1) is 33.6. The summed E-state index contributed by atoms with van der Waals surface area (Å²) < 4.78 is 98.0. The van der Waals surface area contributed by atoms with E-state index in [0.29, 0.717) is 60.7 Å². The summed E-state index contributed by atoms with van der Waals surface area (Å²) in [6.45, 7) is 0. The Morgan fingerprint density at radius 1 is 0.468 bits per heavy atom. The second kappa shape index (κ2) is 12.2. The first-order valence-electron chi connectivity index (χ1n) is 12.4. The van der Waals surface area contributed by atoms with Gasteiger partial charge in [0.1, 0.15) is 11.5 Å². The molecule has 0 radical (unpaired) electrons. The summed E-state index contributed by atoms with van der Waals surface area (Å²) in [6, 6.07) is 8.86. The van der Waals surface area contributed by atoms with Crippen molar-refractivity contribution in [2.75, 3.05) is 0 Å². The Morgan fingerprint density at radius 3 is 1.04 bits per heavy atom. The lowest BCUT2D eigenvalue weighted by Gasteiger charge is -2.38. The molecule has 0 atom stereocenters. The molecule has 0 saturated heterocycles. The molecule has 0 aliphatic carbocycles. The van der Waals surface area contributed by atoms with Gasteiger partial charge in [-0.05, 0) is 47.5 Å². The Kier molecular flexibility index (Phi) is 8.72. The van der Waals surface area contributed by atoms with Crippen molar-refractivity contribution in [3.63, 3.8) is 0 Å². The van der Waals surface area contributed by atoms with Gasteiger partial charge in [-0.25, -0.2) is 0 Å². The van der Waals surface area contributed by atoms with E-state index in [1.54, 1.807) is 0 Å². The lowest BCUT2D eigenvalue weighted by molar-refractivity contribution is -0.394. The van der Waals surface area contributed by atoms with E-state index in [0.717, 1.165) is 24.3 Å². The van der Waals surface area contributed by atoms with Crippen LogP contribution in [0.3, 0.4) is 0 Å². The van der Waals surface area contributed by atoms with Crippen LogP contribution < -0.4 is 9.47 Å². The van der Waals surface area contributed by atoms with Crippen LogP contribution in [-0.2, 0) is 5.41 Å². The molecule has 0 aliphatic heterocycles. The maximum Gasteiger partial charge on any atom is 0.411 e. The summed E-state index contributed by atoms with van der Waals surface area (Å²) in [6.07, 6.45) is -12.0. The zero-order valence-corrected chi connectivity index (χ0v) is 22.7. The molecule has 20 heteroatoms. The van der Waals surface area contributed by atoms with Crippen LogP contribution in [0, 0.1) is 40.5 Å². The van der Waals surface area contributed by atoms with E-state index in [2.05, 4.69) is 0 Å². The van der Waals surface area contributed by atoms with Gasteiger partial charge in [0.25, 0.3) is 11.4 Å². The lowest BCUT2D eigenvalue weighted by Crippen LogP contribution is -2.54.